The van der Waals surface area contributed by atoms with Crippen LogP contribution in [0.2, 0.25) is 0 Å². The Morgan fingerprint density at radius 2 is 2.14 bits per heavy atom. The summed E-state index contributed by atoms with van der Waals surface area (Å²) in [5.74, 6) is 1.47. The van der Waals surface area contributed by atoms with Crippen LogP contribution >= 0.6 is 0 Å². The number of aryl methyl sites for hydroxylation is 2. The van der Waals surface area contributed by atoms with Gasteiger partial charge in [-0.15, -0.1) is 0 Å². The van der Waals surface area contributed by atoms with E-state index in [0.717, 1.165) is 0 Å². The van der Waals surface area contributed by atoms with Crippen molar-refractivity contribution in [1.82, 2.24) is 19.9 Å². The lowest BCUT2D eigenvalue weighted by molar-refractivity contribution is -0.384. The Morgan fingerprint density at radius 1 is 1.43 bits per heavy atom. The van der Waals surface area contributed by atoms with Gasteiger partial charge in [-0.2, -0.15) is 10.1 Å². The second kappa shape index (κ2) is 5.90. The summed E-state index contributed by atoms with van der Waals surface area (Å²) in [6.07, 6.45) is 0.486. The number of nitrogens with one attached hydrogen (secondary N) is 1. The Balaban J connectivity index is 2.15. The average molecular weight is 294 g/mol. The largest absolute Gasteiger partial charge is 0.364 e. The van der Waals surface area contributed by atoms with E-state index in [0.29, 0.717) is 36.2 Å². The first-order valence-electron chi connectivity index (χ1n) is 6.66. The molecule has 9 heteroatoms. The quantitative estimate of drug-likeness (QED) is 0.640. The van der Waals surface area contributed by atoms with Crippen LogP contribution < -0.4 is 5.32 Å². The first-order valence-corrected chi connectivity index (χ1v) is 6.66. The summed E-state index contributed by atoms with van der Waals surface area (Å²) < 4.78 is 6.62. The Kier molecular flexibility index (Phi) is 4.20. The van der Waals surface area contributed by atoms with Gasteiger partial charge in [-0.05, 0) is 27.7 Å². The van der Waals surface area contributed by atoms with Crippen LogP contribution in [0, 0.1) is 24.0 Å². The summed E-state index contributed by atoms with van der Waals surface area (Å²) in [6, 6.07) is 0.0190. The molecule has 2 rings (SSSR count). The van der Waals surface area contributed by atoms with Crippen molar-refractivity contribution in [3.05, 3.63) is 27.5 Å². The number of hydrogen-bond acceptors (Lipinski definition) is 7. The SMILES string of the molecule is Cc1noc(CCNc2c([N+](=O)[O-])c(C)nn2C(C)C)n1. The highest BCUT2D eigenvalue weighted by Crippen LogP contribution is 2.30. The maximum absolute atomic E-state index is 11.2. The third-order valence-electron chi connectivity index (χ3n) is 2.93. The average Bonchev–Trinajstić information content (AvgIpc) is 2.93. The summed E-state index contributed by atoms with van der Waals surface area (Å²) in [7, 11) is 0. The van der Waals surface area contributed by atoms with Gasteiger partial charge in [-0.25, -0.2) is 4.68 Å². The van der Waals surface area contributed by atoms with Crippen LogP contribution in [0.1, 0.15) is 37.3 Å². The van der Waals surface area contributed by atoms with Gasteiger partial charge in [0, 0.05) is 19.0 Å². The van der Waals surface area contributed by atoms with Crippen LogP contribution in [-0.4, -0.2) is 31.4 Å². The molecule has 0 radical (unpaired) electrons. The molecule has 0 atom stereocenters. The number of nitro groups is 1. The van der Waals surface area contributed by atoms with Gasteiger partial charge < -0.3 is 9.84 Å². The summed E-state index contributed by atoms with van der Waals surface area (Å²) in [5.41, 5.74) is 0.398. The number of anilines is 1. The molecule has 2 heterocycles. The number of rotatable bonds is 6. The van der Waals surface area contributed by atoms with E-state index in [4.69, 9.17) is 4.52 Å². The maximum Gasteiger partial charge on any atom is 0.333 e. The summed E-state index contributed by atoms with van der Waals surface area (Å²) >= 11 is 0. The van der Waals surface area contributed by atoms with Crippen molar-refractivity contribution in [2.45, 2.75) is 40.2 Å². The van der Waals surface area contributed by atoms with Gasteiger partial charge in [0.15, 0.2) is 5.82 Å². The molecule has 0 fully saturated rings. The molecular weight excluding hydrogens is 276 g/mol. The molecule has 0 amide bonds. The Morgan fingerprint density at radius 3 is 2.67 bits per heavy atom. The van der Waals surface area contributed by atoms with Crippen molar-refractivity contribution in [1.29, 1.82) is 0 Å². The molecule has 2 aromatic heterocycles. The number of aromatic nitrogens is 4. The van der Waals surface area contributed by atoms with Gasteiger partial charge in [0.25, 0.3) is 0 Å². The minimum atomic E-state index is -0.416. The highest BCUT2D eigenvalue weighted by atomic mass is 16.6. The molecule has 0 aliphatic carbocycles. The van der Waals surface area contributed by atoms with E-state index in [-0.39, 0.29) is 11.7 Å². The van der Waals surface area contributed by atoms with Gasteiger partial charge in [0.05, 0.1) is 4.92 Å². The van der Waals surface area contributed by atoms with Crippen LogP contribution in [0.25, 0.3) is 0 Å². The number of nitrogens with zero attached hydrogens (tertiary/aromatic N) is 5. The molecule has 0 spiro atoms. The van der Waals surface area contributed by atoms with Gasteiger partial charge in [0.1, 0.15) is 5.69 Å². The van der Waals surface area contributed by atoms with Crippen molar-refractivity contribution in [3.63, 3.8) is 0 Å². The van der Waals surface area contributed by atoms with Gasteiger partial charge in [0.2, 0.25) is 11.7 Å². The predicted molar refractivity (Wildman–Crippen MR) is 75.2 cm³/mol. The van der Waals surface area contributed by atoms with E-state index < -0.39 is 4.92 Å². The topological polar surface area (TPSA) is 112 Å². The molecule has 114 valence electrons. The molecule has 1 N–H and O–H groups in total. The lowest BCUT2D eigenvalue weighted by Crippen LogP contribution is -2.13. The zero-order valence-electron chi connectivity index (χ0n) is 12.5. The maximum atomic E-state index is 11.2. The van der Waals surface area contributed by atoms with Crippen molar-refractivity contribution < 1.29 is 9.45 Å². The fourth-order valence-electron chi connectivity index (χ4n) is 2.03. The number of hydrogen-bond donors (Lipinski definition) is 1. The normalized spacial score (nSPS) is 11.1. The highest BCUT2D eigenvalue weighted by molar-refractivity contribution is 5.59. The van der Waals surface area contributed by atoms with E-state index in [1.165, 1.54) is 0 Å². The van der Waals surface area contributed by atoms with Crippen molar-refractivity contribution in [2.24, 2.45) is 0 Å². The smallest absolute Gasteiger partial charge is 0.333 e. The predicted octanol–water partition coefficient (Wildman–Crippen LogP) is 2.03. The van der Waals surface area contributed by atoms with Crippen LogP contribution in [0.3, 0.4) is 0 Å². The molecule has 21 heavy (non-hydrogen) atoms. The molecule has 0 aliphatic heterocycles. The monoisotopic (exact) mass is 294 g/mol. The fourth-order valence-corrected chi connectivity index (χ4v) is 2.03. The fraction of sp³-hybridized carbons (Fsp3) is 0.583. The Hall–Kier alpha value is -2.45. The summed E-state index contributed by atoms with van der Waals surface area (Å²) in [6.45, 7) is 7.65. The van der Waals surface area contributed by atoms with Crippen LogP contribution in [0.5, 0.6) is 0 Å². The van der Waals surface area contributed by atoms with Gasteiger partial charge in [-0.3, -0.25) is 10.1 Å². The van der Waals surface area contributed by atoms with E-state index >= 15 is 0 Å². The third-order valence-corrected chi connectivity index (χ3v) is 2.93. The molecule has 9 nitrogen and oxygen atoms in total. The lowest BCUT2D eigenvalue weighted by Gasteiger charge is -2.11. The van der Waals surface area contributed by atoms with Gasteiger partial charge >= 0.3 is 5.69 Å². The van der Waals surface area contributed by atoms with Crippen molar-refractivity contribution >= 4 is 11.5 Å². The van der Waals surface area contributed by atoms with Crippen LogP contribution in [0.15, 0.2) is 4.52 Å². The molecule has 0 unspecified atom stereocenters. The highest BCUT2D eigenvalue weighted by Gasteiger charge is 2.26. The van der Waals surface area contributed by atoms with Crippen molar-refractivity contribution in [3.8, 4) is 0 Å². The molecule has 2 aromatic rings. The first-order chi connectivity index (χ1) is 9.90. The first kappa shape index (κ1) is 14.9. The lowest BCUT2D eigenvalue weighted by atomic mass is 10.3. The molecule has 0 saturated heterocycles. The minimum absolute atomic E-state index is 0.00501. The summed E-state index contributed by atoms with van der Waals surface area (Å²) in [4.78, 5) is 14.9. The molecule has 0 aromatic carbocycles. The third kappa shape index (κ3) is 3.18. The molecule has 0 bridgehead atoms. The molecule has 0 saturated carbocycles. The minimum Gasteiger partial charge on any atom is -0.364 e. The van der Waals surface area contributed by atoms with E-state index in [1.807, 2.05) is 13.8 Å². The van der Waals surface area contributed by atoms with E-state index in [2.05, 4.69) is 20.6 Å². The van der Waals surface area contributed by atoms with Crippen LogP contribution in [-0.2, 0) is 6.42 Å². The Bertz CT molecular complexity index is 645. The zero-order valence-corrected chi connectivity index (χ0v) is 12.5. The van der Waals surface area contributed by atoms with Crippen LogP contribution in [0.4, 0.5) is 11.5 Å². The molecule has 0 aliphatic rings. The zero-order chi connectivity index (χ0) is 15.6. The summed E-state index contributed by atoms with van der Waals surface area (Å²) in [5, 5.41) is 22.2. The molecular formula is C12H18N6O3. The standard InChI is InChI=1S/C12H18N6O3/c1-7(2)17-12(11(18(19)20)8(3)15-17)13-6-5-10-14-9(4)16-21-10/h7,13H,5-6H2,1-4H3. The second-order valence-corrected chi connectivity index (χ2v) is 4.99. The second-order valence-electron chi connectivity index (χ2n) is 4.99. The van der Waals surface area contributed by atoms with Gasteiger partial charge in [-0.1, -0.05) is 5.16 Å². The van der Waals surface area contributed by atoms with Crippen molar-refractivity contribution in [2.75, 3.05) is 11.9 Å². The van der Waals surface area contributed by atoms with E-state index in [9.17, 15) is 10.1 Å². The Labute approximate surface area is 121 Å². The van der Waals surface area contributed by atoms with E-state index in [1.54, 1.807) is 18.5 Å².